The first-order chi connectivity index (χ1) is 20.1. The number of aliphatic hydroxyl groups is 3. The number of H-pyrrole nitrogens is 1. The molecule has 234 valence electrons. The van der Waals surface area contributed by atoms with Crippen molar-refractivity contribution < 1.29 is 34.4 Å². The number of carbonyl (C=O) groups excluding carboxylic acids is 2. The number of aromatic nitrogens is 1. The third-order valence-corrected chi connectivity index (χ3v) is 9.66. The maximum absolute atomic E-state index is 12.2. The lowest BCUT2D eigenvalue weighted by atomic mass is 9.87. The van der Waals surface area contributed by atoms with Gasteiger partial charge in [0.25, 0.3) is 5.56 Å². The van der Waals surface area contributed by atoms with E-state index < -0.39 is 30.4 Å². The summed E-state index contributed by atoms with van der Waals surface area (Å²) in [6, 6.07) is 0. The molecular weight excluding hydrogens is 580 g/mol. The Morgan fingerprint density at radius 1 is 1.19 bits per heavy atom. The first kappa shape index (κ1) is 34.1. The van der Waals surface area contributed by atoms with Gasteiger partial charge < -0.3 is 35.1 Å². The fourth-order valence-electron chi connectivity index (χ4n) is 4.75. The normalized spacial score (nSPS) is 22.9. The quantitative estimate of drug-likeness (QED) is 0.0602. The number of nitrogens with one attached hydrogen (secondary N) is 2. The number of unbranched alkanes of at least 4 members (excludes halogenated alkanes) is 4. The van der Waals surface area contributed by atoms with Crippen molar-refractivity contribution in [1.29, 1.82) is 0 Å². The Morgan fingerprint density at radius 2 is 1.93 bits per heavy atom. The third kappa shape index (κ3) is 10.4. The Balaban J connectivity index is 1.25. The van der Waals surface area contributed by atoms with Gasteiger partial charge in [0.05, 0.1) is 42.1 Å². The van der Waals surface area contributed by atoms with E-state index >= 15 is 0 Å². The summed E-state index contributed by atoms with van der Waals surface area (Å²) < 4.78 is 11.1. The predicted molar refractivity (Wildman–Crippen MR) is 165 cm³/mol. The van der Waals surface area contributed by atoms with Gasteiger partial charge in [-0.2, -0.15) is 0 Å². The Kier molecular flexibility index (Phi) is 13.9. The van der Waals surface area contributed by atoms with Crippen molar-refractivity contribution in [2.75, 3.05) is 18.5 Å². The van der Waals surface area contributed by atoms with Crippen LogP contribution in [0.2, 0.25) is 0 Å². The minimum atomic E-state index is -1.06. The smallest absolute Gasteiger partial charge is 0.330 e. The number of aliphatic hydroxyl groups excluding tert-OH is 3. The van der Waals surface area contributed by atoms with Gasteiger partial charge in [-0.15, -0.1) is 0 Å². The van der Waals surface area contributed by atoms with E-state index in [9.17, 15) is 29.7 Å². The molecule has 3 aliphatic heterocycles. The summed E-state index contributed by atoms with van der Waals surface area (Å²) in [5.41, 5.74) is 1.52. The molecule has 3 heterocycles. The number of allylic oxidation sites excluding steroid dienone is 1. The average molecular weight is 625 g/mol. The molecule has 10 nitrogen and oxygen atoms in total. The van der Waals surface area contributed by atoms with Crippen LogP contribution in [0.25, 0.3) is 10.6 Å². The molecular formula is C30H44N2O8S2. The number of hydrogen-bond acceptors (Lipinski definition) is 10. The van der Waals surface area contributed by atoms with Crippen LogP contribution in [0.1, 0.15) is 72.1 Å². The molecule has 1 fully saturated rings. The second-order valence-corrected chi connectivity index (χ2v) is 13.3. The maximum atomic E-state index is 12.2. The second kappa shape index (κ2) is 17.1. The topological polar surface area (TPSA) is 158 Å². The number of aromatic amines is 1. The fraction of sp³-hybridized carbons (Fsp3) is 0.633. The van der Waals surface area contributed by atoms with E-state index in [2.05, 4.69) is 10.3 Å². The largest absolute Gasteiger partial charge is 0.463 e. The zero-order valence-electron chi connectivity index (χ0n) is 24.5. The molecule has 0 saturated carbocycles. The number of hydrogen-bond donors (Lipinski definition) is 5. The van der Waals surface area contributed by atoms with Gasteiger partial charge in [0, 0.05) is 23.8 Å². The van der Waals surface area contributed by atoms with Crippen molar-refractivity contribution in [2.45, 2.75) is 96.6 Å². The van der Waals surface area contributed by atoms with Crippen molar-refractivity contribution in [2.24, 2.45) is 11.8 Å². The Hall–Kier alpha value is -2.35. The highest BCUT2D eigenvalue weighted by molar-refractivity contribution is 7.70. The van der Waals surface area contributed by atoms with Crippen LogP contribution in [0.5, 0.6) is 0 Å². The highest BCUT2D eigenvalue weighted by Gasteiger charge is 2.37. The van der Waals surface area contributed by atoms with E-state index in [1.54, 1.807) is 13.8 Å². The number of amides is 1. The van der Waals surface area contributed by atoms with Gasteiger partial charge in [-0.25, -0.2) is 4.79 Å². The average Bonchev–Trinajstić information content (AvgIpc) is 3.50. The van der Waals surface area contributed by atoms with E-state index in [0.29, 0.717) is 56.6 Å². The number of anilines is 1. The number of fused-ring (bicyclic) bond motifs is 1. The minimum Gasteiger partial charge on any atom is -0.463 e. The van der Waals surface area contributed by atoms with E-state index in [1.807, 2.05) is 24.5 Å². The molecule has 6 atom stereocenters. The molecule has 0 radical (unpaired) electrons. The van der Waals surface area contributed by atoms with Crippen LogP contribution < -0.4 is 10.9 Å². The molecule has 0 aliphatic carbocycles. The Labute approximate surface area is 254 Å². The van der Waals surface area contributed by atoms with Gasteiger partial charge in [-0.1, -0.05) is 64.6 Å². The minimum absolute atomic E-state index is 0.00597. The third-order valence-electron chi connectivity index (χ3n) is 7.57. The summed E-state index contributed by atoms with van der Waals surface area (Å²) in [5, 5.41) is 35.3. The van der Waals surface area contributed by atoms with Crippen LogP contribution in [-0.4, -0.2) is 69.8 Å². The molecule has 5 N–H and O–H groups in total. The fourth-order valence-corrected chi connectivity index (χ4v) is 6.91. The number of carbonyl (C=O) groups is 2. The summed E-state index contributed by atoms with van der Waals surface area (Å²) in [6.45, 7) is 5.99. The first-order valence-corrected chi connectivity index (χ1v) is 16.8. The van der Waals surface area contributed by atoms with Crippen molar-refractivity contribution in [3.05, 3.63) is 39.5 Å². The summed E-state index contributed by atoms with van der Waals surface area (Å²) in [4.78, 5) is 39.9. The van der Waals surface area contributed by atoms with Crippen LogP contribution in [0, 0.1) is 11.8 Å². The van der Waals surface area contributed by atoms with Gasteiger partial charge in [0.15, 0.2) is 0 Å². The molecule has 0 aromatic heterocycles. The lowest BCUT2D eigenvalue weighted by Gasteiger charge is -2.37. The van der Waals surface area contributed by atoms with Crippen LogP contribution in [0.15, 0.2) is 34.0 Å². The molecule has 3 rings (SSSR count). The Bertz CT molecular complexity index is 1220. The lowest BCUT2D eigenvalue weighted by molar-refractivity contribution is -0.162. The number of rotatable bonds is 16. The van der Waals surface area contributed by atoms with Crippen molar-refractivity contribution in [1.82, 2.24) is 4.98 Å². The van der Waals surface area contributed by atoms with Gasteiger partial charge in [-0.05, 0) is 45.4 Å². The highest BCUT2D eigenvalue weighted by atomic mass is 32.9. The zero-order valence-corrected chi connectivity index (χ0v) is 26.2. The molecule has 0 aromatic carbocycles. The standard InChI is InChI=1S/C30H44N2O8S2/c1-18(14-23-28(37)27(36)21(16-40-23)11-9-10-19(2)20(3)33)15-25(35)39-13-8-6-4-5-7-12-24(34)32-26-29-22(17-41-42-29)31-30(26)38/h9-10,15,17,19-21,23,27-28,33,36-37H,4-8,11-14,16H2,1-3H3,(H,31,38)(H,32,34)/b10-9+,18-15+. The van der Waals surface area contributed by atoms with Gasteiger partial charge in [0.2, 0.25) is 5.91 Å². The molecule has 1 saturated heterocycles. The number of ether oxygens (including phenoxy) is 2. The van der Waals surface area contributed by atoms with Crippen LogP contribution >= 0.6 is 20.7 Å². The first-order valence-electron chi connectivity index (χ1n) is 14.6. The molecule has 1 amide bonds. The molecule has 0 bridgehead atoms. The highest BCUT2D eigenvalue weighted by Crippen LogP contribution is 2.35. The van der Waals surface area contributed by atoms with Crippen LogP contribution in [0.4, 0.5) is 5.69 Å². The second-order valence-electron chi connectivity index (χ2n) is 11.2. The van der Waals surface area contributed by atoms with Crippen molar-refractivity contribution >= 4 is 38.2 Å². The molecule has 42 heavy (non-hydrogen) atoms. The predicted octanol–water partition coefficient (Wildman–Crippen LogP) is 4.46. The van der Waals surface area contributed by atoms with E-state index in [4.69, 9.17) is 9.47 Å². The lowest BCUT2D eigenvalue weighted by Crippen LogP contribution is -2.50. The van der Waals surface area contributed by atoms with Gasteiger partial charge in [-0.3, -0.25) is 9.59 Å². The SMILES string of the molecule is C/C(=C\C(=O)OCCCCCCCC(=O)Nc1c2sscc-2[nH]c1=O)CC1OCC(C/C=C/C(C)C(C)O)C(O)C1O. The molecule has 12 heteroatoms. The van der Waals surface area contributed by atoms with E-state index in [1.165, 1.54) is 26.8 Å². The van der Waals surface area contributed by atoms with Crippen molar-refractivity contribution in [3.8, 4) is 10.6 Å². The molecule has 6 unspecified atom stereocenters. The monoisotopic (exact) mass is 624 g/mol. The summed E-state index contributed by atoms with van der Waals surface area (Å²) in [6.07, 6.45) is 7.40. The molecule has 0 spiro atoms. The Morgan fingerprint density at radius 3 is 2.69 bits per heavy atom. The number of esters is 1. The van der Waals surface area contributed by atoms with Gasteiger partial charge >= 0.3 is 5.97 Å². The van der Waals surface area contributed by atoms with Gasteiger partial charge in [0.1, 0.15) is 11.8 Å². The summed E-state index contributed by atoms with van der Waals surface area (Å²) in [7, 11) is 2.97. The summed E-state index contributed by atoms with van der Waals surface area (Å²) in [5.74, 6) is -0.854. The molecule has 3 aliphatic rings. The van der Waals surface area contributed by atoms with Crippen LogP contribution in [-0.2, 0) is 19.1 Å². The van der Waals surface area contributed by atoms with Crippen LogP contribution in [0.3, 0.4) is 0 Å². The zero-order chi connectivity index (χ0) is 30.6. The van der Waals surface area contributed by atoms with E-state index in [-0.39, 0.29) is 23.3 Å². The summed E-state index contributed by atoms with van der Waals surface area (Å²) >= 11 is 0. The van der Waals surface area contributed by atoms with Crippen molar-refractivity contribution in [3.63, 3.8) is 0 Å². The van der Waals surface area contributed by atoms with E-state index in [0.717, 1.165) is 29.8 Å². The molecule has 0 aromatic rings. The maximum Gasteiger partial charge on any atom is 0.330 e.